The molecule has 0 atom stereocenters. The average Bonchev–Trinajstić information content (AvgIpc) is 3.37. The van der Waals surface area contributed by atoms with E-state index in [0.717, 1.165) is 33.2 Å². The summed E-state index contributed by atoms with van der Waals surface area (Å²) >= 11 is 0. The van der Waals surface area contributed by atoms with Crippen LogP contribution in [0, 0.1) is 18.3 Å². The van der Waals surface area contributed by atoms with E-state index in [2.05, 4.69) is 6.07 Å². The van der Waals surface area contributed by atoms with E-state index >= 15 is 0 Å². The molecule has 0 bridgehead atoms. The van der Waals surface area contributed by atoms with Crippen LogP contribution in [0.25, 0.3) is 32.9 Å². The smallest absolute Gasteiger partial charge is 0.268 e. The number of nitrogens with zero attached hydrogens (tertiary/aromatic N) is 2. The molecule has 0 saturated heterocycles. The van der Waals surface area contributed by atoms with E-state index < -0.39 is 10.0 Å². The third-order valence-corrected chi connectivity index (χ3v) is 8.26. The summed E-state index contributed by atoms with van der Waals surface area (Å²) in [5.74, 6) is 0. The molecule has 0 saturated carbocycles. The van der Waals surface area contributed by atoms with Gasteiger partial charge in [0.15, 0.2) is 0 Å². The lowest BCUT2D eigenvalue weighted by Gasteiger charge is -2.14. The number of benzene rings is 4. The number of fused-ring (bicyclic) bond motifs is 7. The molecule has 0 fully saturated rings. The molecule has 5 aromatic rings. The number of aryl methyl sites for hydroxylation is 1. The first kappa shape index (κ1) is 19.6. The highest BCUT2D eigenvalue weighted by atomic mass is 32.2. The van der Waals surface area contributed by atoms with Crippen LogP contribution in [0.15, 0.2) is 77.7 Å². The van der Waals surface area contributed by atoms with E-state index in [4.69, 9.17) is 5.73 Å². The Morgan fingerprint density at radius 2 is 1.67 bits per heavy atom. The van der Waals surface area contributed by atoms with Crippen molar-refractivity contribution in [3.63, 3.8) is 0 Å². The maximum Gasteiger partial charge on any atom is 0.268 e. The van der Waals surface area contributed by atoms with Crippen LogP contribution in [-0.4, -0.2) is 12.4 Å². The highest BCUT2D eigenvalue weighted by molar-refractivity contribution is 7.90. The number of para-hydroxylation sites is 1. The number of nitriles is 1. The molecule has 4 aromatic carbocycles. The minimum absolute atomic E-state index is 0.211. The summed E-state index contributed by atoms with van der Waals surface area (Å²) in [5, 5.41) is 11.4. The van der Waals surface area contributed by atoms with Gasteiger partial charge in [-0.1, -0.05) is 60.2 Å². The van der Waals surface area contributed by atoms with Gasteiger partial charge in [0, 0.05) is 22.8 Å². The zero-order valence-electron chi connectivity index (χ0n) is 17.8. The Morgan fingerprint density at radius 3 is 2.42 bits per heavy atom. The van der Waals surface area contributed by atoms with Crippen LogP contribution < -0.4 is 5.73 Å². The summed E-state index contributed by atoms with van der Waals surface area (Å²) in [6, 6.07) is 24.3. The van der Waals surface area contributed by atoms with Gasteiger partial charge in [-0.3, -0.25) is 0 Å². The summed E-state index contributed by atoms with van der Waals surface area (Å²) in [6.07, 6.45) is 0.538. The number of nitrogens with two attached hydrogens (primary N) is 1. The SMILES string of the molecule is Cc1ccc(S(=O)(=O)n2c3ccccc3c3c(N)c(C#N)c4c(c32)Cc2ccccc2-4)cc1. The second-order valence-electron chi connectivity index (χ2n) is 8.41. The van der Waals surface area contributed by atoms with Crippen LogP contribution in [0.4, 0.5) is 5.69 Å². The Morgan fingerprint density at radius 1 is 0.970 bits per heavy atom. The highest BCUT2D eigenvalue weighted by Gasteiger charge is 2.33. The predicted molar refractivity (Wildman–Crippen MR) is 131 cm³/mol. The molecule has 1 aliphatic carbocycles. The molecular formula is C27H19N3O2S. The van der Waals surface area contributed by atoms with Gasteiger partial charge >= 0.3 is 0 Å². The lowest BCUT2D eigenvalue weighted by molar-refractivity contribution is 0.590. The molecule has 0 unspecified atom stereocenters. The molecule has 0 spiro atoms. The van der Waals surface area contributed by atoms with Crippen LogP contribution in [0.1, 0.15) is 22.3 Å². The number of rotatable bonds is 2. The number of hydrogen-bond acceptors (Lipinski definition) is 4. The fourth-order valence-corrected chi connectivity index (χ4v) is 6.60. The zero-order chi connectivity index (χ0) is 22.9. The maximum absolute atomic E-state index is 14.0. The molecule has 6 heteroatoms. The van der Waals surface area contributed by atoms with Crippen molar-refractivity contribution in [2.45, 2.75) is 18.2 Å². The number of hydrogen-bond donors (Lipinski definition) is 1. The van der Waals surface area contributed by atoms with Gasteiger partial charge in [-0.2, -0.15) is 5.26 Å². The largest absolute Gasteiger partial charge is 0.397 e. The maximum atomic E-state index is 14.0. The number of anilines is 1. The summed E-state index contributed by atoms with van der Waals surface area (Å²) in [7, 11) is -3.93. The summed E-state index contributed by atoms with van der Waals surface area (Å²) in [4.78, 5) is 0.211. The average molecular weight is 450 g/mol. The van der Waals surface area contributed by atoms with Gasteiger partial charge < -0.3 is 5.73 Å². The predicted octanol–water partition coefficient (Wildman–Crippen LogP) is 5.37. The van der Waals surface area contributed by atoms with E-state index in [0.29, 0.717) is 34.1 Å². The molecule has 2 N–H and O–H groups in total. The summed E-state index contributed by atoms with van der Waals surface area (Å²) < 4.78 is 29.5. The van der Waals surface area contributed by atoms with Gasteiger partial charge in [0.2, 0.25) is 0 Å². The van der Waals surface area contributed by atoms with Crippen LogP contribution in [0.3, 0.4) is 0 Å². The van der Waals surface area contributed by atoms with E-state index in [1.807, 2.05) is 49.4 Å². The van der Waals surface area contributed by atoms with Crippen molar-refractivity contribution in [3.8, 4) is 17.2 Å². The second kappa shape index (κ2) is 6.71. The zero-order valence-corrected chi connectivity index (χ0v) is 18.6. The monoisotopic (exact) mass is 449 g/mol. The molecule has 1 aromatic heterocycles. The molecule has 5 nitrogen and oxygen atoms in total. The normalized spacial score (nSPS) is 12.6. The van der Waals surface area contributed by atoms with Gasteiger partial charge in [0.1, 0.15) is 6.07 Å². The van der Waals surface area contributed by atoms with Crippen molar-refractivity contribution in [1.29, 1.82) is 5.26 Å². The summed E-state index contributed by atoms with van der Waals surface area (Å²) in [5.41, 5.74) is 13.0. The molecular weight excluding hydrogens is 430 g/mol. The van der Waals surface area contributed by atoms with Gasteiger partial charge in [-0.05, 0) is 41.8 Å². The quantitative estimate of drug-likeness (QED) is 0.360. The van der Waals surface area contributed by atoms with Crippen LogP contribution in [0.2, 0.25) is 0 Å². The van der Waals surface area contributed by atoms with Gasteiger partial charge in [0.05, 0.1) is 27.2 Å². The van der Waals surface area contributed by atoms with Crippen LogP contribution in [-0.2, 0) is 16.4 Å². The lowest BCUT2D eigenvalue weighted by atomic mass is 9.95. The minimum atomic E-state index is -3.93. The number of nitrogen functional groups attached to an aromatic ring is 1. The van der Waals surface area contributed by atoms with Crippen molar-refractivity contribution in [2.75, 3.05) is 5.73 Å². The molecule has 1 aliphatic rings. The van der Waals surface area contributed by atoms with Gasteiger partial charge in [0.25, 0.3) is 10.0 Å². The topological polar surface area (TPSA) is 88.9 Å². The molecule has 0 aliphatic heterocycles. The third kappa shape index (κ3) is 2.54. The van der Waals surface area contributed by atoms with Crippen molar-refractivity contribution in [3.05, 3.63) is 95.1 Å². The van der Waals surface area contributed by atoms with Gasteiger partial charge in [-0.15, -0.1) is 0 Å². The van der Waals surface area contributed by atoms with Crippen molar-refractivity contribution < 1.29 is 8.42 Å². The standard InChI is InChI=1S/C27H19N3O2S/c1-16-10-12-18(13-11-16)33(31,32)30-23-9-5-4-8-20(23)25-26(29)22(15-28)24-19-7-3-2-6-17(19)14-21(24)27(25)30/h2-13H,14,29H2,1H3. The van der Waals surface area contributed by atoms with Crippen LogP contribution in [0.5, 0.6) is 0 Å². The minimum Gasteiger partial charge on any atom is -0.397 e. The Kier molecular flexibility index (Phi) is 3.98. The molecule has 0 amide bonds. The molecule has 0 radical (unpaired) electrons. The first-order valence-electron chi connectivity index (χ1n) is 10.6. The van der Waals surface area contributed by atoms with Crippen molar-refractivity contribution in [2.24, 2.45) is 0 Å². The fourth-order valence-electron chi connectivity index (χ4n) is 5.05. The third-order valence-electron chi connectivity index (χ3n) is 6.53. The van der Waals surface area contributed by atoms with E-state index in [-0.39, 0.29) is 4.90 Å². The van der Waals surface area contributed by atoms with Gasteiger partial charge in [-0.25, -0.2) is 12.4 Å². The number of aromatic nitrogens is 1. The van der Waals surface area contributed by atoms with Crippen LogP contribution >= 0.6 is 0 Å². The van der Waals surface area contributed by atoms with Crippen molar-refractivity contribution >= 4 is 37.5 Å². The Hall–Kier alpha value is -4.08. The summed E-state index contributed by atoms with van der Waals surface area (Å²) in [6.45, 7) is 1.92. The lowest BCUT2D eigenvalue weighted by Crippen LogP contribution is -2.14. The Balaban J connectivity index is 1.85. The van der Waals surface area contributed by atoms with Crippen molar-refractivity contribution in [1.82, 2.24) is 3.97 Å². The van der Waals surface area contributed by atoms with E-state index in [1.54, 1.807) is 30.3 Å². The Labute approximate surface area is 191 Å². The second-order valence-corrected chi connectivity index (χ2v) is 10.2. The molecule has 1 heterocycles. The van der Waals surface area contributed by atoms with E-state index in [1.165, 1.54) is 3.97 Å². The molecule has 6 rings (SSSR count). The fraction of sp³-hybridized carbons (Fsp3) is 0.0741. The first-order valence-corrected chi connectivity index (χ1v) is 12.1. The van der Waals surface area contributed by atoms with E-state index in [9.17, 15) is 13.7 Å². The molecule has 33 heavy (non-hydrogen) atoms. The molecule has 160 valence electrons. The Bertz CT molecular complexity index is 1770. The first-order chi connectivity index (χ1) is 15.9. The highest BCUT2D eigenvalue weighted by Crippen LogP contribution is 2.49.